The zero-order chi connectivity index (χ0) is 5.28. The first-order chi connectivity index (χ1) is 3.29. The average Bonchev–Trinajstić information content (AvgIpc) is 2.17. The zero-order valence-electron chi connectivity index (χ0n) is 3.76. The van der Waals surface area contributed by atoms with Gasteiger partial charge in [0.05, 0.1) is 5.75 Å². The van der Waals surface area contributed by atoms with E-state index < -0.39 is 10.7 Å². The second kappa shape index (κ2) is 3.52. The van der Waals surface area contributed by atoms with Crippen LogP contribution in [-0.2, 0) is 10.7 Å². The van der Waals surface area contributed by atoms with E-state index in [9.17, 15) is 8.42 Å². The van der Waals surface area contributed by atoms with E-state index in [1.165, 1.54) is 0 Å². The molecule has 1 aliphatic heterocycles. The first-order valence-electron chi connectivity index (χ1n) is 2.14. The van der Waals surface area contributed by atoms with Crippen molar-refractivity contribution in [3.8, 4) is 0 Å². The van der Waals surface area contributed by atoms with Gasteiger partial charge in [-0.2, -0.15) is 0 Å². The van der Waals surface area contributed by atoms with E-state index >= 15 is 0 Å². The fraction of sp³-hybridized carbons (Fsp3) is 1.00. The van der Waals surface area contributed by atoms with Gasteiger partial charge in [-0.25, -0.2) is 8.42 Å². The van der Waals surface area contributed by atoms with Gasteiger partial charge in [-0.05, 0) is 0 Å². The van der Waals surface area contributed by atoms with E-state index in [1.807, 2.05) is 0 Å². The number of hydrogen-bond donors (Lipinski definition) is 2. The van der Waals surface area contributed by atoms with E-state index in [4.69, 9.17) is 0 Å². The summed E-state index contributed by atoms with van der Waals surface area (Å²) in [6.07, 6.45) is 0. The summed E-state index contributed by atoms with van der Waals surface area (Å²) in [7, 11) is -2.14. The zero-order valence-corrected chi connectivity index (χ0v) is 4.65. The number of nitrogens with one attached hydrogen (secondary N) is 1. The van der Waals surface area contributed by atoms with Gasteiger partial charge in [-0.3, -0.25) is 0 Å². The Hall–Kier alpha value is 0.507. The van der Waals surface area contributed by atoms with Crippen molar-refractivity contribution in [1.82, 2.24) is 5.32 Å². The summed E-state index contributed by atoms with van der Waals surface area (Å²) in [5.41, 5.74) is 0. The predicted octanol–water partition coefficient (Wildman–Crippen LogP) is -2.08. The molecule has 1 fully saturated rings. The first-order valence-corrected chi connectivity index (χ1v) is 3.50. The van der Waals surface area contributed by atoms with Crippen LogP contribution in [0.5, 0.6) is 0 Å². The summed E-state index contributed by atoms with van der Waals surface area (Å²) in [6, 6.07) is 0.279. The third-order valence-electron chi connectivity index (χ3n) is 0.862. The van der Waals surface area contributed by atoms with Crippen LogP contribution in [0.25, 0.3) is 0 Å². The van der Waals surface area contributed by atoms with Crippen molar-refractivity contribution in [2.24, 2.45) is 0 Å². The molecule has 0 aromatic rings. The minimum absolute atomic E-state index is 0. The average molecular weight is 129 g/mol. The van der Waals surface area contributed by atoms with Crippen molar-refractivity contribution < 1.29 is 8.42 Å². The van der Waals surface area contributed by atoms with Gasteiger partial charge >= 0.3 is 18.9 Å². The molecule has 0 radical (unpaired) electrons. The van der Waals surface area contributed by atoms with Crippen LogP contribution in [-0.4, -0.2) is 45.6 Å². The fourth-order valence-corrected chi connectivity index (χ4v) is 1.01. The van der Waals surface area contributed by atoms with Crippen LogP contribution in [0, 0.1) is 0 Å². The molecule has 1 heterocycles. The second-order valence-corrected chi connectivity index (χ2v) is 2.65. The summed E-state index contributed by atoms with van der Waals surface area (Å²) in [5, 5.41) is 2.88. The number of thiol groups is 1. The van der Waals surface area contributed by atoms with Crippen LogP contribution >= 0.6 is 0 Å². The van der Waals surface area contributed by atoms with Crippen molar-refractivity contribution in [2.45, 2.75) is 6.04 Å². The molecule has 1 aliphatic rings. The van der Waals surface area contributed by atoms with Gasteiger partial charge in [-0.1, -0.05) is 0 Å². The second-order valence-electron chi connectivity index (χ2n) is 1.62. The quantitative estimate of drug-likeness (QED) is 0.255. The van der Waals surface area contributed by atoms with E-state index in [1.54, 1.807) is 0 Å². The molecule has 1 N–H and O–H groups in total. The van der Waals surface area contributed by atoms with Crippen molar-refractivity contribution in [3.05, 3.63) is 0 Å². The molecule has 0 spiro atoms. The van der Waals surface area contributed by atoms with Gasteiger partial charge in [-0.15, -0.1) is 0 Å². The molecular formula is C3H8LiNO2S. The van der Waals surface area contributed by atoms with E-state index in [0.717, 1.165) is 6.54 Å². The summed E-state index contributed by atoms with van der Waals surface area (Å²) in [4.78, 5) is 0. The Morgan fingerprint density at radius 2 is 2.12 bits per heavy atom. The molecule has 0 saturated carbocycles. The maximum atomic E-state index is 9.85. The Morgan fingerprint density at radius 1 is 1.62 bits per heavy atom. The summed E-state index contributed by atoms with van der Waals surface area (Å²) >= 11 is 0. The number of rotatable bonds is 2. The normalized spacial score (nSPS) is 24.9. The minimum atomic E-state index is -2.14. The van der Waals surface area contributed by atoms with Gasteiger partial charge < -0.3 is 5.32 Å². The van der Waals surface area contributed by atoms with Gasteiger partial charge in [0, 0.05) is 12.6 Å². The maximum absolute atomic E-state index is 9.85. The van der Waals surface area contributed by atoms with E-state index in [0.29, 0.717) is 5.75 Å². The summed E-state index contributed by atoms with van der Waals surface area (Å²) in [6.45, 7) is 0.878. The van der Waals surface area contributed by atoms with Crippen LogP contribution in [0.3, 0.4) is 0 Å². The Kier molecular flexibility index (Phi) is 3.74. The Labute approximate surface area is 62.0 Å². The molecule has 0 bridgehead atoms. The van der Waals surface area contributed by atoms with Crippen LogP contribution < -0.4 is 5.32 Å². The first kappa shape index (κ1) is 8.51. The topological polar surface area (TPSA) is 56.1 Å². The van der Waals surface area contributed by atoms with Crippen LogP contribution in [0.4, 0.5) is 0 Å². The molecule has 44 valence electrons. The SMILES string of the molecule is O=[SH](=O)CC1CN1.[LiH]. The molecular weight excluding hydrogens is 121 g/mol. The predicted molar refractivity (Wildman–Crippen MR) is 34.1 cm³/mol. The third kappa shape index (κ3) is 3.50. The van der Waals surface area contributed by atoms with Gasteiger partial charge in [0.2, 0.25) is 0 Å². The van der Waals surface area contributed by atoms with E-state index in [-0.39, 0.29) is 24.9 Å². The van der Waals surface area contributed by atoms with Crippen LogP contribution in [0.2, 0.25) is 0 Å². The van der Waals surface area contributed by atoms with Crippen molar-refractivity contribution >= 4 is 29.6 Å². The van der Waals surface area contributed by atoms with Crippen molar-refractivity contribution in [3.63, 3.8) is 0 Å². The Balaban J connectivity index is 0.000000490. The third-order valence-corrected chi connectivity index (χ3v) is 1.60. The molecule has 1 rings (SSSR count). The van der Waals surface area contributed by atoms with Gasteiger partial charge in [0.1, 0.15) is 10.7 Å². The molecule has 0 aliphatic carbocycles. The Bertz CT molecular complexity index is 123. The standard InChI is InChI=1S/C3H7NO2S.Li.H/c5-7(6)2-3-1-4-3;;/h3-4,7H,1-2H2;;. The monoisotopic (exact) mass is 129 g/mol. The Morgan fingerprint density at radius 3 is 2.25 bits per heavy atom. The number of hydrogen-bond acceptors (Lipinski definition) is 3. The molecule has 0 aromatic heterocycles. The van der Waals surface area contributed by atoms with E-state index in [2.05, 4.69) is 5.32 Å². The molecule has 1 unspecified atom stereocenters. The van der Waals surface area contributed by atoms with Crippen molar-refractivity contribution in [2.75, 3.05) is 12.3 Å². The molecule has 5 heteroatoms. The molecule has 0 aromatic carbocycles. The summed E-state index contributed by atoms with van der Waals surface area (Å²) in [5.74, 6) is 0.315. The van der Waals surface area contributed by atoms with Crippen molar-refractivity contribution in [1.29, 1.82) is 0 Å². The molecule has 1 saturated heterocycles. The molecule has 3 nitrogen and oxygen atoms in total. The molecule has 8 heavy (non-hydrogen) atoms. The van der Waals surface area contributed by atoms with Gasteiger partial charge in [0.25, 0.3) is 0 Å². The molecule has 1 atom stereocenters. The molecule has 0 amide bonds. The summed E-state index contributed by atoms with van der Waals surface area (Å²) < 4.78 is 19.7. The fourth-order valence-electron chi connectivity index (χ4n) is 0.392. The van der Waals surface area contributed by atoms with Gasteiger partial charge in [0.15, 0.2) is 0 Å². The van der Waals surface area contributed by atoms with Crippen LogP contribution in [0.1, 0.15) is 0 Å². The van der Waals surface area contributed by atoms with Crippen LogP contribution in [0.15, 0.2) is 0 Å².